The van der Waals surface area contributed by atoms with Crippen LogP contribution in [0.3, 0.4) is 0 Å². The largest absolute Gasteiger partial charge is 0.496 e. The van der Waals surface area contributed by atoms with Gasteiger partial charge in [-0.2, -0.15) is 0 Å². The molecule has 126 valence electrons. The van der Waals surface area contributed by atoms with E-state index in [4.69, 9.17) is 9.47 Å². The van der Waals surface area contributed by atoms with E-state index >= 15 is 0 Å². The maximum Gasteiger partial charge on any atom is 0.257 e. The van der Waals surface area contributed by atoms with Crippen molar-refractivity contribution in [3.63, 3.8) is 0 Å². The van der Waals surface area contributed by atoms with Gasteiger partial charge < -0.3 is 14.8 Å². The highest BCUT2D eigenvalue weighted by Gasteiger charge is 2.07. The maximum atomic E-state index is 11.9. The van der Waals surface area contributed by atoms with Gasteiger partial charge in [0, 0.05) is 6.54 Å². The van der Waals surface area contributed by atoms with Crippen LogP contribution >= 0.6 is 0 Å². The van der Waals surface area contributed by atoms with Crippen molar-refractivity contribution in [1.82, 2.24) is 5.32 Å². The summed E-state index contributed by atoms with van der Waals surface area (Å²) in [6.45, 7) is 2.37. The molecule has 0 heterocycles. The van der Waals surface area contributed by atoms with E-state index in [-0.39, 0.29) is 12.5 Å². The molecular weight excluding hydrogens is 306 g/mol. The molecule has 2 aromatic carbocycles. The van der Waals surface area contributed by atoms with E-state index < -0.39 is 0 Å². The van der Waals surface area contributed by atoms with Crippen molar-refractivity contribution in [2.24, 2.45) is 0 Å². The number of hydrogen-bond acceptors (Lipinski definition) is 4. The Labute approximate surface area is 141 Å². The number of aldehydes is 1. The lowest BCUT2D eigenvalue weighted by Gasteiger charge is -2.11. The zero-order valence-corrected chi connectivity index (χ0v) is 13.9. The van der Waals surface area contributed by atoms with Crippen molar-refractivity contribution < 1.29 is 19.1 Å². The first-order valence-corrected chi connectivity index (χ1v) is 7.71. The molecule has 0 radical (unpaired) electrons. The Kier molecular flexibility index (Phi) is 6.37. The zero-order valence-electron chi connectivity index (χ0n) is 13.9. The van der Waals surface area contributed by atoms with Gasteiger partial charge in [-0.05, 0) is 37.1 Å². The van der Waals surface area contributed by atoms with Gasteiger partial charge in [0.1, 0.15) is 11.5 Å². The number of amides is 1. The highest BCUT2D eigenvalue weighted by atomic mass is 16.5. The van der Waals surface area contributed by atoms with Crippen LogP contribution in [0.5, 0.6) is 11.5 Å². The summed E-state index contributed by atoms with van der Waals surface area (Å²) in [5.74, 6) is 0.983. The van der Waals surface area contributed by atoms with Crippen LogP contribution in [0.15, 0.2) is 42.5 Å². The van der Waals surface area contributed by atoms with Gasteiger partial charge in [0.2, 0.25) is 0 Å². The van der Waals surface area contributed by atoms with Crippen LogP contribution in [0.1, 0.15) is 21.5 Å². The molecule has 0 bridgehead atoms. The van der Waals surface area contributed by atoms with Crippen LogP contribution in [0.25, 0.3) is 0 Å². The molecule has 0 aliphatic rings. The van der Waals surface area contributed by atoms with E-state index in [1.165, 1.54) is 0 Å². The number of rotatable bonds is 8. The summed E-state index contributed by atoms with van der Waals surface area (Å²) in [5, 5.41) is 2.80. The van der Waals surface area contributed by atoms with Crippen molar-refractivity contribution in [3.8, 4) is 11.5 Å². The number of carbonyl (C=O) groups excluding carboxylic acids is 2. The second kappa shape index (κ2) is 8.72. The minimum absolute atomic E-state index is 0.129. The van der Waals surface area contributed by atoms with Crippen molar-refractivity contribution in [1.29, 1.82) is 0 Å². The lowest BCUT2D eigenvalue weighted by Crippen LogP contribution is -2.30. The molecule has 24 heavy (non-hydrogen) atoms. The topological polar surface area (TPSA) is 64.6 Å². The molecule has 0 saturated heterocycles. The minimum atomic E-state index is -0.234. The Morgan fingerprint density at radius 3 is 2.71 bits per heavy atom. The average Bonchev–Trinajstić information content (AvgIpc) is 2.60. The lowest BCUT2D eigenvalue weighted by atomic mass is 10.1. The third-order valence-corrected chi connectivity index (χ3v) is 3.56. The van der Waals surface area contributed by atoms with E-state index in [1.54, 1.807) is 31.4 Å². The van der Waals surface area contributed by atoms with E-state index in [0.717, 1.165) is 16.9 Å². The van der Waals surface area contributed by atoms with Crippen LogP contribution in [0.4, 0.5) is 0 Å². The Hall–Kier alpha value is -2.82. The van der Waals surface area contributed by atoms with Gasteiger partial charge in [0.25, 0.3) is 5.91 Å². The lowest BCUT2D eigenvalue weighted by molar-refractivity contribution is -0.123. The van der Waals surface area contributed by atoms with Crippen LogP contribution in [-0.4, -0.2) is 32.5 Å². The fraction of sp³-hybridized carbons (Fsp3) is 0.263. The van der Waals surface area contributed by atoms with Crippen molar-refractivity contribution >= 4 is 12.2 Å². The highest BCUT2D eigenvalue weighted by molar-refractivity contribution is 5.80. The molecule has 0 saturated carbocycles. The molecule has 1 amide bonds. The summed E-state index contributed by atoms with van der Waals surface area (Å²) in [7, 11) is 1.63. The molecular formula is C19H21NO4. The average molecular weight is 327 g/mol. The third kappa shape index (κ3) is 4.84. The molecule has 0 fully saturated rings. The van der Waals surface area contributed by atoms with E-state index in [1.807, 2.05) is 25.1 Å². The highest BCUT2D eigenvalue weighted by Crippen LogP contribution is 2.19. The Balaban J connectivity index is 1.81. The second-order valence-electron chi connectivity index (χ2n) is 5.36. The molecule has 0 spiro atoms. The van der Waals surface area contributed by atoms with Gasteiger partial charge in [-0.25, -0.2) is 0 Å². The molecule has 2 aromatic rings. The number of ether oxygens (including phenoxy) is 2. The van der Waals surface area contributed by atoms with Crippen LogP contribution in [-0.2, 0) is 11.2 Å². The van der Waals surface area contributed by atoms with Gasteiger partial charge in [-0.1, -0.05) is 29.8 Å². The van der Waals surface area contributed by atoms with Gasteiger partial charge in [-0.15, -0.1) is 0 Å². The smallest absolute Gasteiger partial charge is 0.257 e. The summed E-state index contributed by atoms with van der Waals surface area (Å²) < 4.78 is 10.7. The SMILES string of the molecule is COc1ccc(C)cc1CCNC(=O)COc1ccccc1C=O. The molecule has 0 unspecified atom stereocenters. The molecule has 0 aromatic heterocycles. The van der Waals surface area contributed by atoms with Crippen molar-refractivity contribution in [2.45, 2.75) is 13.3 Å². The summed E-state index contributed by atoms with van der Waals surface area (Å²) in [4.78, 5) is 22.8. The van der Waals surface area contributed by atoms with Crippen LogP contribution in [0.2, 0.25) is 0 Å². The number of para-hydroxylation sites is 1. The van der Waals surface area contributed by atoms with Crippen LogP contribution in [0, 0.1) is 6.92 Å². The van der Waals surface area contributed by atoms with Crippen LogP contribution < -0.4 is 14.8 Å². The first kappa shape index (κ1) is 17.5. The number of nitrogens with one attached hydrogen (secondary N) is 1. The quantitative estimate of drug-likeness (QED) is 0.757. The van der Waals surface area contributed by atoms with Gasteiger partial charge >= 0.3 is 0 Å². The summed E-state index contributed by atoms with van der Waals surface area (Å²) in [5.41, 5.74) is 2.62. The molecule has 1 N–H and O–H groups in total. The maximum absolute atomic E-state index is 11.9. The minimum Gasteiger partial charge on any atom is -0.496 e. The molecule has 0 atom stereocenters. The molecule has 0 aliphatic carbocycles. The molecule has 2 rings (SSSR count). The Bertz CT molecular complexity index is 712. The standard InChI is InChI=1S/C19H21NO4/c1-14-7-8-17(23-2)15(11-14)9-10-20-19(22)13-24-18-6-4-3-5-16(18)12-21/h3-8,11-12H,9-10,13H2,1-2H3,(H,20,22). The zero-order chi connectivity index (χ0) is 17.4. The second-order valence-corrected chi connectivity index (χ2v) is 5.36. The van der Waals surface area contributed by atoms with Crippen molar-refractivity contribution in [2.75, 3.05) is 20.3 Å². The van der Waals surface area contributed by atoms with Gasteiger partial charge in [0.05, 0.1) is 12.7 Å². The summed E-state index contributed by atoms with van der Waals surface area (Å²) in [6, 6.07) is 12.8. The molecule has 5 heteroatoms. The number of carbonyl (C=O) groups is 2. The fourth-order valence-corrected chi connectivity index (χ4v) is 2.34. The fourth-order valence-electron chi connectivity index (χ4n) is 2.34. The van der Waals surface area contributed by atoms with Gasteiger partial charge in [0.15, 0.2) is 12.9 Å². The first-order chi connectivity index (χ1) is 11.6. The first-order valence-electron chi connectivity index (χ1n) is 7.71. The van der Waals surface area contributed by atoms with Gasteiger partial charge in [-0.3, -0.25) is 9.59 Å². The Morgan fingerprint density at radius 1 is 1.17 bits per heavy atom. The van der Waals surface area contributed by atoms with E-state index in [9.17, 15) is 9.59 Å². The van der Waals surface area contributed by atoms with E-state index in [0.29, 0.717) is 30.6 Å². The number of hydrogen-bond donors (Lipinski definition) is 1. The van der Waals surface area contributed by atoms with E-state index in [2.05, 4.69) is 5.32 Å². The summed E-state index contributed by atoms with van der Waals surface area (Å²) in [6.07, 6.45) is 1.37. The number of benzene rings is 2. The predicted molar refractivity (Wildman–Crippen MR) is 91.8 cm³/mol. The monoisotopic (exact) mass is 327 g/mol. The molecule has 5 nitrogen and oxygen atoms in total. The summed E-state index contributed by atoms with van der Waals surface area (Å²) >= 11 is 0. The Morgan fingerprint density at radius 2 is 1.96 bits per heavy atom. The predicted octanol–water partition coefficient (Wildman–Crippen LogP) is 2.55. The number of methoxy groups -OCH3 is 1. The van der Waals surface area contributed by atoms with Crippen molar-refractivity contribution in [3.05, 3.63) is 59.2 Å². The number of aryl methyl sites for hydroxylation is 1. The third-order valence-electron chi connectivity index (χ3n) is 3.56. The normalized spacial score (nSPS) is 10.1. The molecule has 0 aliphatic heterocycles.